The van der Waals surface area contributed by atoms with Gasteiger partial charge in [0.05, 0.1) is 0 Å². The van der Waals surface area contributed by atoms with Crippen LogP contribution in [0.5, 0.6) is 0 Å². The lowest BCUT2D eigenvalue weighted by Gasteiger charge is -2.18. The molecule has 1 aliphatic heterocycles. The molecule has 0 spiro atoms. The van der Waals surface area contributed by atoms with E-state index >= 15 is 0 Å². The van der Waals surface area contributed by atoms with E-state index in [0.717, 1.165) is 6.04 Å². The van der Waals surface area contributed by atoms with Crippen molar-refractivity contribution < 1.29 is 0 Å². The molecule has 1 saturated carbocycles. The fourth-order valence-electron chi connectivity index (χ4n) is 1.86. The van der Waals surface area contributed by atoms with Gasteiger partial charge in [-0.2, -0.15) is 0 Å². The Bertz CT molecular complexity index is 138. The summed E-state index contributed by atoms with van der Waals surface area (Å²) in [7, 11) is 0. The summed E-state index contributed by atoms with van der Waals surface area (Å²) < 4.78 is 0. The van der Waals surface area contributed by atoms with Crippen LogP contribution in [0, 0.1) is 0 Å². The molecule has 1 aliphatic carbocycles. The molecule has 1 atom stereocenters. The lowest BCUT2D eigenvalue weighted by molar-refractivity contribution is 0.562. The van der Waals surface area contributed by atoms with E-state index in [0.29, 0.717) is 0 Å². The highest BCUT2D eigenvalue weighted by Gasteiger charge is 2.21. The summed E-state index contributed by atoms with van der Waals surface area (Å²) in [5, 5.41) is 3.51. The van der Waals surface area contributed by atoms with Crippen molar-refractivity contribution in [2.24, 2.45) is 0 Å². The topological polar surface area (TPSA) is 12.0 Å². The monoisotopic (exact) mass is 123 g/mol. The third kappa shape index (κ3) is 0.897. The normalized spacial score (nSPS) is 33.8. The van der Waals surface area contributed by atoms with Crippen LogP contribution in [0.2, 0.25) is 0 Å². The molecule has 0 bridgehead atoms. The van der Waals surface area contributed by atoms with Gasteiger partial charge < -0.3 is 5.32 Å². The largest absolute Gasteiger partial charge is 0.310 e. The smallest absolute Gasteiger partial charge is 0.0279 e. The Balaban J connectivity index is 2.16. The first kappa shape index (κ1) is 5.48. The van der Waals surface area contributed by atoms with Gasteiger partial charge in [-0.05, 0) is 32.2 Å². The summed E-state index contributed by atoms with van der Waals surface area (Å²) in [5.74, 6) is 0. The van der Waals surface area contributed by atoms with Crippen LogP contribution in [-0.4, -0.2) is 12.6 Å². The Morgan fingerprint density at radius 2 is 2.56 bits per heavy atom. The Hall–Kier alpha value is -0.300. The first-order valence-electron chi connectivity index (χ1n) is 3.89. The van der Waals surface area contributed by atoms with E-state index < -0.39 is 0 Å². The SMILES string of the molecule is C1=C2CCCC2NCC1. The molecule has 0 aromatic rings. The molecule has 0 amide bonds. The van der Waals surface area contributed by atoms with Gasteiger partial charge in [0.15, 0.2) is 0 Å². The Kier molecular flexibility index (Phi) is 1.31. The third-order valence-electron chi connectivity index (χ3n) is 2.35. The van der Waals surface area contributed by atoms with Gasteiger partial charge in [-0.25, -0.2) is 0 Å². The highest BCUT2D eigenvalue weighted by molar-refractivity contribution is 5.17. The minimum atomic E-state index is 0.777. The molecule has 1 fully saturated rings. The van der Waals surface area contributed by atoms with Crippen molar-refractivity contribution in [3.8, 4) is 0 Å². The Morgan fingerprint density at radius 3 is 3.44 bits per heavy atom. The second kappa shape index (κ2) is 2.14. The number of hydrogen-bond donors (Lipinski definition) is 1. The maximum Gasteiger partial charge on any atom is 0.0279 e. The van der Waals surface area contributed by atoms with E-state index in [-0.39, 0.29) is 0 Å². The number of fused-ring (bicyclic) bond motifs is 1. The fourth-order valence-corrected chi connectivity index (χ4v) is 1.86. The first-order valence-corrected chi connectivity index (χ1v) is 3.89. The molecule has 0 saturated heterocycles. The van der Waals surface area contributed by atoms with Crippen molar-refractivity contribution in [2.45, 2.75) is 31.7 Å². The average molecular weight is 123 g/mol. The maximum absolute atomic E-state index is 3.51. The zero-order chi connectivity index (χ0) is 6.10. The zero-order valence-electron chi connectivity index (χ0n) is 5.69. The molecule has 0 aromatic heterocycles. The molecule has 2 rings (SSSR count). The second-order valence-corrected chi connectivity index (χ2v) is 2.97. The predicted molar refractivity (Wildman–Crippen MR) is 38.3 cm³/mol. The van der Waals surface area contributed by atoms with Crippen LogP contribution in [0.3, 0.4) is 0 Å². The van der Waals surface area contributed by atoms with Gasteiger partial charge >= 0.3 is 0 Å². The third-order valence-corrected chi connectivity index (χ3v) is 2.35. The van der Waals surface area contributed by atoms with Crippen LogP contribution in [0.25, 0.3) is 0 Å². The standard InChI is InChI=1S/C8H13N/c1-3-7-4-2-6-9-8(7)5-1/h4,8-9H,1-3,5-6H2. The molecule has 1 nitrogen and oxygen atoms in total. The van der Waals surface area contributed by atoms with Crippen molar-refractivity contribution in [1.82, 2.24) is 5.32 Å². The van der Waals surface area contributed by atoms with Crippen LogP contribution in [0.4, 0.5) is 0 Å². The van der Waals surface area contributed by atoms with Gasteiger partial charge in [-0.1, -0.05) is 11.6 Å². The van der Waals surface area contributed by atoms with Crippen molar-refractivity contribution in [3.63, 3.8) is 0 Å². The molecule has 1 heterocycles. The molecule has 1 N–H and O–H groups in total. The quantitative estimate of drug-likeness (QED) is 0.481. The molecule has 0 radical (unpaired) electrons. The molecular formula is C8H13N. The van der Waals surface area contributed by atoms with E-state index in [1.807, 2.05) is 0 Å². The van der Waals surface area contributed by atoms with Crippen molar-refractivity contribution in [3.05, 3.63) is 11.6 Å². The highest BCUT2D eigenvalue weighted by Crippen LogP contribution is 2.26. The second-order valence-electron chi connectivity index (χ2n) is 2.97. The van der Waals surface area contributed by atoms with E-state index in [4.69, 9.17) is 0 Å². The number of nitrogens with one attached hydrogen (secondary N) is 1. The lowest BCUT2D eigenvalue weighted by Crippen LogP contribution is -2.31. The molecule has 1 unspecified atom stereocenters. The molecule has 2 aliphatic rings. The van der Waals surface area contributed by atoms with E-state index in [9.17, 15) is 0 Å². The average Bonchev–Trinajstić information content (AvgIpc) is 2.33. The van der Waals surface area contributed by atoms with Crippen LogP contribution in [0.15, 0.2) is 11.6 Å². The summed E-state index contributed by atoms with van der Waals surface area (Å²) in [6.07, 6.45) is 7.83. The molecule has 0 aromatic carbocycles. The van der Waals surface area contributed by atoms with Crippen LogP contribution < -0.4 is 5.32 Å². The lowest BCUT2D eigenvalue weighted by atomic mass is 10.1. The fraction of sp³-hybridized carbons (Fsp3) is 0.750. The summed E-state index contributed by atoms with van der Waals surface area (Å²) in [5.41, 5.74) is 1.68. The predicted octanol–water partition coefficient (Wildman–Crippen LogP) is 1.46. The summed E-state index contributed by atoms with van der Waals surface area (Å²) in [4.78, 5) is 0. The molecule has 50 valence electrons. The van der Waals surface area contributed by atoms with Crippen LogP contribution in [0.1, 0.15) is 25.7 Å². The van der Waals surface area contributed by atoms with E-state index in [1.165, 1.54) is 32.2 Å². The summed E-state index contributed by atoms with van der Waals surface area (Å²) >= 11 is 0. The molecular weight excluding hydrogens is 110 g/mol. The van der Waals surface area contributed by atoms with Gasteiger partial charge in [0.2, 0.25) is 0 Å². The molecule has 9 heavy (non-hydrogen) atoms. The van der Waals surface area contributed by atoms with Crippen LogP contribution >= 0.6 is 0 Å². The van der Waals surface area contributed by atoms with Crippen LogP contribution in [-0.2, 0) is 0 Å². The Morgan fingerprint density at radius 1 is 1.56 bits per heavy atom. The molecule has 1 heteroatoms. The van der Waals surface area contributed by atoms with Crippen molar-refractivity contribution >= 4 is 0 Å². The van der Waals surface area contributed by atoms with Gasteiger partial charge in [0, 0.05) is 6.04 Å². The van der Waals surface area contributed by atoms with Crippen molar-refractivity contribution in [1.29, 1.82) is 0 Å². The van der Waals surface area contributed by atoms with Gasteiger partial charge in [0.1, 0.15) is 0 Å². The van der Waals surface area contributed by atoms with E-state index in [1.54, 1.807) is 5.57 Å². The summed E-state index contributed by atoms with van der Waals surface area (Å²) in [6.45, 7) is 1.20. The zero-order valence-corrected chi connectivity index (χ0v) is 5.69. The van der Waals surface area contributed by atoms with Gasteiger partial charge in [-0.15, -0.1) is 0 Å². The number of hydrogen-bond acceptors (Lipinski definition) is 1. The minimum Gasteiger partial charge on any atom is -0.310 e. The maximum atomic E-state index is 3.51. The number of rotatable bonds is 0. The Labute approximate surface area is 56.1 Å². The van der Waals surface area contributed by atoms with Gasteiger partial charge in [-0.3, -0.25) is 0 Å². The van der Waals surface area contributed by atoms with Crippen molar-refractivity contribution in [2.75, 3.05) is 6.54 Å². The first-order chi connectivity index (χ1) is 4.47. The van der Waals surface area contributed by atoms with E-state index in [2.05, 4.69) is 11.4 Å². The summed E-state index contributed by atoms with van der Waals surface area (Å²) in [6, 6.07) is 0.777. The van der Waals surface area contributed by atoms with Gasteiger partial charge in [0.25, 0.3) is 0 Å². The highest BCUT2D eigenvalue weighted by atomic mass is 14.9. The minimum absolute atomic E-state index is 0.777.